The van der Waals surface area contributed by atoms with Crippen LogP contribution in [0.2, 0.25) is 0 Å². The van der Waals surface area contributed by atoms with Gasteiger partial charge in [0.25, 0.3) is 0 Å². The van der Waals surface area contributed by atoms with Crippen molar-refractivity contribution in [3.63, 3.8) is 0 Å². The first kappa shape index (κ1) is 6.62. The van der Waals surface area contributed by atoms with Crippen molar-refractivity contribution in [2.45, 2.75) is 31.8 Å². The average Bonchev–Trinajstić information content (AvgIpc) is 2.34. The van der Waals surface area contributed by atoms with Gasteiger partial charge >= 0.3 is 0 Å². The third-order valence-electron chi connectivity index (χ3n) is 3.61. The zero-order chi connectivity index (χ0) is 7.52. The predicted octanol–water partition coefficient (Wildman–Crippen LogP) is 0.317. The molecule has 2 aliphatic rings. The Kier molecular flexibility index (Phi) is 1.03. The number of rotatable bonds is 0. The molecule has 58 valence electrons. The Morgan fingerprint density at radius 1 is 1.50 bits per heavy atom. The second-order valence-corrected chi connectivity index (χ2v) is 4.26. The fourth-order valence-corrected chi connectivity index (χ4v) is 2.73. The normalized spacial score (nSPS) is 66.0. The van der Waals surface area contributed by atoms with Crippen molar-refractivity contribution in [1.82, 2.24) is 0 Å². The van der Waals surface area contributed by atoms with Gasteiger partial charge in [0.05, 0.1) is 0 Å². The van der Waals surface area contributed by atoms with E-state index in [4.69, 9.17) is 11.5 Å². The average molecular weight is 140 g/mol. The van der Waals surface area contributed by atoms with Crippen LogP contribution in [0.25, 0.3) is 0 Å². The van der Waals surface area contributed by atoms with E-state index < -0.39 is 0 Å². The molecule has 0 amide bonds. The lowest BCUT2D eigenvalue weighted by Gasteiger charge is -2.27. The van der Waals surface area contributed by atoms with Crippen LogP contribution in [0.3, 0.4) is 0 Å². The lowest BCUT2D eigenvalue weighted by atomic mass is 9.90. The maximum absolute atomic E-state index is 6.07. The third-order valence-corrected chi connectivity index (χ3v) is 3.61. The summed E-state index contributed by atoms with van der Waals surface area (Å²) in [4.78, 5) is 0. The molecule has 10 heavy (non-hydrogen) atoms. The Labute approximate surface area is 62.0 Å². The Hall–Kier alpha value is -0.0800. The molecule has 2 nitrogen and oxygen atoms in total. The molecule has 2 rings (SSSR count). The van der Waals surface area contributed by atoms with E-state index in [9.17, 15) is 0 Å². The molecule has 2 saturated carbocycles. The molecule has 0 bridgehead atoms. The van der Waals surface area contributed by atoms with Gasteiger partial charge in [-0.2, -0.15) is 0 Å². The Bertz CT molecular complexity index is 165. The molecule has 0 unspecified atom stereocenters. The van der Waals surface area contributed by atoms with Crippen molar-refractivity contribution in [1.29, 1.82) is 0 Å². The topological polar surface area (TPSA) is 52.0 Å². The van der Waals surface area contributed by atoms with Gasteiger partial charge in [-0.05, 0) is 31.1 Å². The first-order valence-electron chi connectivity index (χ1n) is 4.09. The smallest absolute Gasteiger partial charge is 0.0313 e. The molecule has 0 aromatic heterocycles. The van der Waals surface area contributed by atoms with Gasteiger partial charge in [0, 0.05) is 11.6 Å². The molecule has 2 fully saturated rings. The van der Waals surface area contributed by atoms with Crippen LogP contribution in [-0.2, 0) is 0 Å². The van der Waals surface area contributed by atoms with E-state index >= 15 is 0 Å². The lowest BCUT2D eigenvalue weighted by Crippen LogP contribution is -2.52. The predicted molar refractivity (Wildman–Crippen MR) is 41.3 cm³/mol. The van der Waals surface area contributed by atoms with Gasteiger partial charge < -0.3 is 11.5 Å². The van der Waals surface area contributed by atoms with Gasteiger partial charge in [0.15, 0.2) is 0 Å². The Morgan fingerprint density at radius 3 is 2.40 bits per heavy atom. The van der Waals surface area contributed by atoms with Gasteiger partial charge in [-0.3, -0.25) is 0 Å². The summed E-state index contributed by atoms with van der Waals surface area (Å²) in [6, 6.07) is 0.249. The zero-order valence-electron chi connectivity index (χ0n) is 6.67. The van der Waals surface area contributed by atoms with Crippen molar-refractivity contribution < 1.29 is 0 Å². The van der Waals surface area contributed by atoms with Crippen LogP contribution < -0.4 is 11.5 Å². The van der Waals surface area contributed by atoms with Crippen molar-refractivity contribution in [2.75, 3.05) is 0 Å². The van der Waals surface area contributed by atoms with Crippen LogP contribution in [0, 0.1) is 17.8 Å². The maximum atomic E-state index is 6.07. The highest BCUT2D eigenvalue weighted by Crippen LogP contribution is 2.60. The van der Waals surface area contributed by atoms with Crippen molar-refractivity contribution in [2.24, 2.45) is 29.2 Å². The van der Waals surface area contributed by atoms with Crippen LogP contribution in [0.1, 0.15) is 20.3 Å². The second kappa shape index (κ2) is 1.56. The van der Waals surface area contributed by atoms with E-state index in [0.29, 0.717) is 0 Å². The van der Waals surface area contributed by atoms with E-state index in [-0.39, 0.29) is 11.6 Å². The van der Waals surface area contributed by atoms with Crippen LogP contribution in [-0.4, -0.2) is 11.6 Å². The van der Waals surface area contributed by atoms with Gasteiger partial charge in [-0.1, -0.05) is 6.92 Å². The first-order chi connectivity index (χ1) is 4.55. The standard InChI is InChI=1S/C8H16N2/c1-4-5-3-6(9)8(2,10)7(4)5/h4-7H,3,9-10H2,1-2H3/t4-,5-,6-,7+,8-/m0/s1. The minimum Gasteiger partial charge on any atom is -0.326 e. The van der Waals surface area contributed by atoms with Crippen LogP contribution in [0.15, 0.2) is 0 Å². The molecule has 0 saturated heterocycles. The molecular weight excluding hydrogens is 124 g/mol. The molecule has 0 heterocycles. The van der Waals surface area contributed by atoms with Crippen molar-refractivity contribution >= 4 is 0 Å². The van der Waals surface area contributed by atoms with Gasteiger partial charge in [0.1, 0.15) is 0 Å². The van der Waals surface area contributed by atoms with Gasteiger partial charge in [0.2, 0.25) is 0 Å². The summed E-state index contributed by atoms with van der Waals surface area (Å²) in [6.07, 6.45) is 1.15. The van der Waals surface area contributed by atoms with Crippen LogP contribution >= 0.6 is 0 Å². The van der Waals surface area contributed by atoms with E-state index in [1.54, 1.807) is 0 Å². The molecule has 0 aromatic carbocycles. The van der Waals surface area contributed by atoms with E-state index in [1.165, 1.54) is 0 Å². The summed E-state index contributed by atoms with van der Waals surface area (Å²) in [7, 11) is 0. The zero-order valence-corrected chi connectivity index (χ0v) is 6.67. The summed E-state index contributed by atoms with van der Waals surface area (Å²) in [5.41, 5.74) is 11.9. The fraction of sp³-hybridized carbons (Fsp3) is 1.00. The quantitative estimate of drug-likeness (QED) is 0.509. The van der Waals surface area contributed by atoms with Crippen LogP contribution in [0.5, 0.6) is 0 Å². The highest BCUT2D eigenvalue weighted by molar-refractivity contribution is 5.17. The summed E-state index contributed by atoms with van der Waals surface area (Å²) in [5, 5.41) is 0. The van der Waals surface area contributed by atoms with Gasteiger partial charge in [-0.15, -0.1) is 0 Å². The summed E-state index contributed by atoms with van der Waals surface area (Å²) in [6.45, 7) is 4.39. The molecule has 5 atom stereocenters. The summed E-state index contributed by atoms with van der Waals surface area (Å²) >= 11 is 0. The number of hydrogen-bond donors (Lipinski definition) is 2. The Morgan fingerprint density at radius 2 is 2.10 bits per heavy atom. The van der Waals surface area contributed by atoms with Gasteiger partial charge in [-0.25, -0.2) is 0 Å². The number of fused-ring (bicyclic) bond motifs is 1. The summed E-state index contributed by atoms with van der Waals surface area (Å²) < 4.78 is 0. The molecule has 0 spiro atoms. The largest absolute Gasteiger partial charge is 0.326 e. The molecule has 0 radical (unpaired) electrons. The lowest BCUT2D eigenvalue weighted by molar-refractivity contribution is 0.347. The van der Waals surface area contributed by atoms with E-state index in [2.05, 4.69) is 13.8 Å². The minimum atomic E-state index is -0.0654. The molecule has 2 heteroatoms. The maximum Gasteiger partial charge on any atom is 0.0313 e. The van der Waals surface area contributed by atoms with Crippen LogP contribution in [0.4, 0.5) is 0 Å². The highest BCUT2D eigenvalue weighted by Gasteiger charge is 2.63. The molecule has 2 aliphatic carbocycles. The van der Waals surface area contributed by atoms with E-state index in [1.807, 2.05) is 0 Å². The molecule has 4 N–H and O–H groups in total. The first-order valence-corrected chi connectivity index (χ1v) is 4.09. The summed E-state index contributed by atoms with van der Waals surface area (Å²) in [5.74, 6) is 2.42. The number of hydrogen-bond acceptors (Lipinski definition) is 2. The highest BCUT2D eigenvalue weighted by atomic mass is 14.9. The monoisotopic (exact) mass is 140 g/mol. The number of nitrogens with two attached hydrogens (primary N) is 2. The second-order valence-electron chi connectivity index (χ2n) is 4.26. The molecule has 0 aliphatic heterocycles. The van der Waals surface area contributed by atoms with Crippen molar-refractivity contribution in [3.05, 3.63) is 0 Å². The van der Waals surface area contributed by atoms with Crippen molar-refractivity contribution in [3.8, 4) is 0 Å². The Balaban J connectivity index is 2.19. The molecule has 0 aromatic rings. The molecular formula is C8H16N2. The fourth-order valence-electron chi connectivity index (χ4n) is 2.73. The van der Waals surface area contributed by atoms with E-state index in [0.717, 1.165) is 24.2 Å². The minimum absolute atomic E-state index is 0.0654. The SMILES string of the molecule is C[C@H]1[C@@H]2C[C@H](N)[C@](C)(N)[C@H]12. The third kappa shape index (κ3) is 0.565.